The summed E-state index contributed by atoms with van der Waals surface area (Å²) in [4.78, 5) is 53.1. The number of carbonyl (C=O) groups is 4. The van der Waals surface area contributed by atoms with Crippen LogP contribution in [0.4, 0.5) is 0 Å². The third kappa shape index (κ3) is 7.13. The van der Waals surface area contributed by atoms with E-state index in [9.17, 15) is 19.2 Å². The Balaban J connectivity index is 1.29. The first-order chi connectivity index (χ1) is 17.1. The molecule has 3 atom stereocenters. The summed E-state index contributed by atoms with van der Waals surface area (Å²) in [6, 6.07) is 0.130. The third-order valence-electron chi connectivity index (χ3n) is 6.89. The van der Waals surface area contributed by atoms with Crippen molar-refractivity contribution in [3.8, 4) is 0 Å². The summed E-state index contributed by atoms with van der Waals surface area (Å²) in [7, 11) is 0. The minimum atomic E-state index is -0.841. The number of aromatic nitrogens is 1. The first kappa shape index (κ1) is 26.3. The first-order valence-corrected chi connectivity index (χ1v) is 12.9. The minimum Gasteiger partial charge on any atom is -0.361 e. The van der Waals surface area contributed by atoms with Gasteiger partial charge < -0.3 is 25.2 Å². The van der Waals surface area contributed by atoms with Crippen LogP contribution in [0.15, 0.2) is 10.6 Å². The van der Waals surface area contributed by atoms with Gasteiger partial charge in [-0.1, -0.05) is 31.8 Å². The molecule has 0 unspecified atom stereocenters. The predicted molar refractivity (Wildman–Crippen MR) is 129 cm³/mol. The average Bonchev–Trinajstić information content (AvgIpc) is 3.72. The molecule has 0 radical (unpaired) electrons. The van der Waals surface area contributed by atoms with Crippen molar-refractivity contribution in [2.24, 2.45) is 11.8 Å². The molecule has 1 aliphatic carbocycles. The molecule has 4 rings (SSSR count). The fourth-order valence-corrected chi connectivity index (χ4v) is 4.26. The Labute approximate surface area is 211 Å². The first-order valence-electron chi connectivity index (χ1n) is 12.9. The maximum absolute atomic E-state index is 12.9. The Hall–Kier alpha value is -2.79. The van der Waals surface area contributed by atoms with Gasteiger partial charge in [0.25, 0.3) is 5.91 Å². The van der Waals surface area contributed by atoms with Gasteiger partial charge in [0, 0.05) is 6.07 Å². The molecule has 198 valence electrons. The summed E-state index contributed by atoms with van der Waals surface area (Å²) in [5.41, 5.74) is -0.714. The van der Waals surface area contributed by atoms with Gasteiger partial charge in [-0.3, -0.25) is 24.1 Å². The molecule has 0 aromatic carbocycles. The Bertz CT molecular complexity index is 979. The summed E-state index contributed by atoms with van der Waals surface area (Å²) in [6.07, 6.45) is 4.13. The summed E-state index contributed by atoms with van der Waals surface area (Å²) in [6.45, 7) is 8.31. The van der Waals surface area contributed by atoms with E-state index >= 15 is 0 Å². The van der Waals surface area contributed by atoms with Gasteiger partial charge in [0.1, 0.15) is 11.6 Å². The van der Waals surface area contributed by atoms with E-state index in [2.05, 4.69) is 26.0 Å². The van der Waals surface area contributed by atoms with Crippen LogP contribution in [0.3, 0.4) is 0 Å². The van der Waals surface area contributed by atoms with Crippen LogP contribution in [0.5, 0.6) is 0 Å². The van der Waals surface area contributed by atoms with Gasteiger partial charge >= 0.3 is 0 Å². The number of carbonyl (C=O) groups excluding carboxylic acids is 4. The number of likely N-dealkylation sites (tertiary alicyclic amines) is 1. The van der Waals surface area contributed by atoms with Gasteiger partial charge in [-0.2, -0.15) is 0 Å². The van der Waals surface area contributed by atoms with E-state index in [0.717, 1.165) is 32.4 Å². The lowest BCUT2D eigenvalue weighted by Crippen LogP contribution is -2.52. The van der Waals surface area contributed by atoms with E-state index in [-0.39, 0.29) is 23.9 Å². The predicted octanol–water partition coefficient (Wildman–Crippen LogP) is 0.784. The zero-order chi connectivity index (χ0) is 25.9. The molecule has 1 aromatic rings. The molecule has 3 N–H and O–H groups in total. The highest BCUT2D eigenvalue weighted by Gasteiger charge is 2.50. The SMILES string of the molecule is CC(C)C[C@H](NC(=O)CNC(=O)[C@H](CC1CC1)NC(=O)c1cc(CN2CCC2)on1)C(=O)[C@@]1(C)CO1. The minimum absolute atomic E-state index is 0.127. The van der Waals surface area contributed by atoms with Gasteiger partial charge in [0.05, 0.1) is 25.7 Å². The van der Waals surface area contributed by atoms with Gasteiger partial charge in [0.15, 0.2) is 17.2 Å². The zero-order valence-electron chi connectivity index (χ0n) is 21.3. The van der Waals surface area contributed by atoms with Crippen LogP contribution in [-0.2, 0) is 25.7 Å². The Morgan fingerprint density at radius 3 is 2.47 bits per heavy atom. The van der Waals surface area contributed by atoms with Crippen molar-refractivity contribution in [3.63, 3.8) is 0 Å². The number of hydrogen-bond donors (Lipinski definition) is 3. The molecule has 1 saturated carbocycles. The van der Waals surface area contributed by atoms with Crippen LogP contribution in [-0.4, -0.2) is 77.5 Å². The molecule has 0 bridgehead atoms. The molecule has 1 aromatic heterocycles. The molecule has 3 amide bonds. The molecule has 3 heterocycles. The van der Waals surface area contributed by atoms with E-state index in [1.54, 1.807) is 13.0 Å². The van der Waals surface area contributed by atoms with Crippen molar-refractivity contribution in [2.45, 2.75) is 77.1 Å². The number of Topliss-reactive ketones (excluding diaryl/α,β-unsaturated/α-hetero) is 1. The Morgan fingerprint density at radius 2 is 1.89 bits per heavy atom. The van der Waals surface area contributed by atoms with Gasteiger partial charge in [0.2, 0.25) is 11.8 Å². The maximum Gasteiger partial charge on any atom is 0.274 e. The topological polar surface area (TPSA) is 146 Å². The summed E-state index contributed by atoms with van der Waals surface area (Å²) in [5.74, 6) is -0.390. The van der Waals surface area contributed by atoms with Crippen molar-refractivity contribution < 1.29 is 28.4 Å². The molecule has 11 heteroatoms. The number of hydrogen-bond acceptors (Lipinski definition) is 8. The molecule has 36 heavy (non-hydrogen) atoms. The van der Waals surface area contributed by atoms with Crippen LogP contribution >= 0.6 is 0 Å². The fourth-order valence-electron chi connectivity index (χ4n) is 4.26. The van der Waals surface area contributed by atoms with Crippen molar-refractivity contribution >= 4 is 23.5 Å². The monoisotopic (exact) mass is 503 g/mol. The molecule has 3 aliphatic rings. The molecule has 2 saturated heterocycles. The second-order valence-electron chi connectivity index (χ2n) is 10.9. The number of epoxide rings is 1. The van der Waals surface area contributed by atoms with E-state index < -0.39 is 35.4 Å². The maximum atomic E-state index is 12.9. The second kappa shape index (κ2) is 11.1. The van der Waals surface area contributed by atoms with Crippen molar-refractivity contribution in [2.75, 3.05) is 26.2 Å². The average molecular weight is 504 g/mol. The largest absolute Gasteiger partial charge is 0.361 e. The smallest absolute Gasteiger partial charge is 0.274 e. The van der Waals surface area contributed by atoms with Gasteiger partial charge in [-0.05, 0) is 51.1 Å². The molecular formula is C25H37N5O6. The Kier molecular flexibility index (Phi) is 8.09. The van der Waals surface area contributed by atoms with Crippen molar-refractivity contribution in [3.05, 3.63) is 17.5 Å². The quantitative estimate of drug-likeness (QED) is 0.316. The third-order valence-corrected chi connectivity index (χ3v) is 6.89. The van der Waals surface area contributed by atoms with Crippen LogP contribution in [0.2, 0.25) is 0 Å². The highest BCUT2D eigenvalue weighted by atomic mass is 16.6. The molecule has 2 aliphatic heterocycles. The van der Waals surface area contributed by atoms with Crippen LogP contribution in [0.25, 0.3) is 0 Å². The van der Waals surface area contributed by atoms with Crippen LogP contribution in [0.1, 0.15) is 69.1 Å². The number of rotatable bonds is 14. The number of ketones is 1. The number of amides is 3. The van der Waals surface area contributed by atoms with Gasteiger partial charge in [-0.25, -0.2) is 0 Å². The molecule has 11 nitrogen and oxygen atoms in total. The highest BCUT2D eigenvalue weighted by molar-refractivity contribution is 5.98. The molecule has 0 spiro atoms. The lowest BCUT2D eigenvalue weighted by molar-refractivity contribution is -0.131. The van der Waals surface area contributed by atoms with Crippen LogP contribution in [0, 0.1) is 11.8 Å². The normalized spacial score (nSPS) is 22.9. The number of nitrogens with zero attached hydrogens (tertiary/aromatic N) is 2. The fraction of sp³-hybridized carbons (Fsp3) is 0.720. The lowest BCUT2D eigenvalue weighted by Gasteiger charge is -2.29. The standard InChI is InChI=1S/C25H37N5O6/c1-15(2)9-18(22(32)25(3)14-35-25)27-21(31)12-26-23(33)19(10-16-5-6-16)28-24(34)20-11-17(36-29-20)13-30-7-4-8-30/h11,15-16,18-19H,4-10,12-14H2,1-3H3,(H,26,33)(H,27,31)(H,28,34)/t18-,19-,25+/m0/s1. The van der Waals surface area contributed by atoms with Crippen LogP contribution < -0.4 is 16.0 Å². The summed E-state index contributed by atoms with van der Waals surface area (Å²) >= 11 is 0. The summed E-state index contributed by atoms with van der Waals surface area (Å²) < 4.78 is 10.5. The molecule has 3 fully saturated rings. The zero-order valence-corrected chi connectivity index (χ0v) is 21.3. The van der Waals surface area contributed by atoms with Crippen molar-refractivity contribution in [1.82, 2.24) is 26.0 Å². The molecular weight excluding hydrogens is 466 g/mol. The van der Waals surface area contributed by atoms with E-state index in [4.69, 9.17) is 9.26 Å². The number of ether oxygens (including phenoxy) is 1. The Morgan fingerprint density at radius 1 is 1.17 bits per heavy atom. The lowest BCUT2D eigenvalue weighted by atomic mass is 9.93. The van der Waals surface area contributed by atoms with E-state index in [1.165, 1.54) is 0 Å². The van der Waals surface area contributed by atoms with Gasteiger partial charge in [-0.15, -0.1) is 0 Å². The van der Waals surface area contributed by atoms with Crippen molar-refractivity contribution in [1.29, 1.82) is 0 Å². The second-order valence-corrected chi connectivity index (χ2v) is 10.9. The highest BCUT2D eigenvalue weighted by Crippen LogP contribution is 2.33. The number of nitrogens with one attached hydrogen (secondary N) is 3. The van der Waals surface area contributed by atoms with E-state index in [0.29, 0.717) is 37.7 Å². The summed E-state index contributed by atoms with van der Waals surface area (Å²) in [5, 5.41) is 12.0. The van der Waals surface area contributed by atoms with E-state index in [1.807, 2.05) is 13.8 Å².